The molecule has 4 heterocycles. The fraction of sp³-hybridized carbons (Fsp3) is 0.524. The minimum atomic E-state index is -0.521. The van der Waals surface area contributed by atoms with Crippen molar-refractivity contribution in [2.24, 2.45) is 11.1 Å². The predicted molar refractivity (Wildman–Crippen MR) is 118 cm³/mol. The van der Waals surface area contributed by atoms with Gasteiger partial charge in [0.05, 0.1) is 35.5 Å². The van der Waals surface area contributed by atoms with E-state index in [9.17, 15) is 4.79 Å². The van der Waals surface area contributed by atoms with Crippen molar-refractivity contribution in [2.75, 3.05) is 18.4 Å². The van der Waals surface area contributed by atoms with E-state index in [-0.39, 0.29) is 11.5 Å². The molecule has 0 spiro atoms. The first kappa shape index (κ1) is 21.8. The molecule has 9 nitrogen and oxygen atoms in total. The van der Waals surface area contributed by atoms with Crippen LogP contribution in [0, 0.1) is 5.41 Å². The molecule has 0 radical (unpaired) electrons. The number of aromatic nitrogens is 5. The van der Waals surface area contributed by atoms with Gasteiger partial charge in [-0.3, -0.25) is 9.48 Å². The summed E-state index contributed by atoms with van der Waals surface area (Å²) in [5.41, 5.74) is 8.88. The van der Waals surface area contributed by atoms with E-state index in [4.69, 9.17) is 10.7 Å². The zero-order valence-corrected chi connectivity index (χ0v) is 18.4. The molecule has 1 aliphatic heterocycles. The number of imidazole rings is 1. The van der Waals surface area contributed by atoms with Gasteiger partial charge in [-0.2, -0.15) is 10.2 Å². The molecule has 30 heavy (non-hydrogen) atoms. The maximum atomic E-state index is 12.1. The third-order valence-corrected chi connectivity index (χ3v) is 5.46. The molecule has 1 unspecified atom stereocenters. The standard InChI is InChI=1S/C19H26N8O.C2H6/c1-4-26-9-12(7-22-26)14-10-27-18(24-14)16(13(8-23-27)17(20)28)25-15-5-6-21-11-19(15,2)3;1-2/h7-10,15,21,25H,4-6,11H2,1-3H3,(H2,20,28);1-2H3. The summed E-state index contributed by atoms with van der Waals surface area (Å²) in [7, 11) is 0. The van der Waals surface area contributed by atoms with E-state index >= 15 is 0 Å². The van der Waals surface area contributed by atoms with Gasteiger partial charge < -0.3 is 16.4 Å². The number of anilines is 1. The molecule has 3 aromatic heterocycles. The van der Waals surface area contributed by atoms with E-state index in [0.29, 0.717) is 16.9 Å². The van der Waals surface area contributed by atoms with Crippen molar-refractivity contribution >= 4 is 17.2 Å². The zero-order chi connectivity index (χ0) is 21.9. The quantitative estimate of drug-likeness (QED) is 0.593. The number of fused-ring (bicyclic) bond motifs is 1. The minimum absolute atomic E-state index is 0.0190. The van der Waals surface area contributed by atoms with Crippen LogP contribution in [0.2, 0.25) is 0 Å². The second-order valence-electron chi connectivity index (χ2n) is 7.93. The zero-order valence-electron chi connectivity index (χ0n) is 18.4. The highest BCUT2D eigenvalue weighted by atomic mass is 16.1. The molecule has 4 rings (SSSR count). The molecule has 9 heteroatoms. The Bertz CT molecular complexity index is 1020. The molecular formula is C21H32N8O. The molecule has 162 valence electrons. The van der Waals surface area contributed by atoms with E-state index in [0.717, 1.165) is 37.3 Å². The van der Waals surface area contributed by atoms with Crippen molar-refractivity contribution in [3.8, 4) is 11.3 Å². The number of nitrogens with zero attached hydrogens (tertiary/aromatic N) is 5. The summed E-state index contributed by atoms with van der Waals surface area (Å²) in [6.07, 6.45) is 8.02. The average Bonchev–Trinajstić information content (AvgIpc) is 3.37. The monoisotopic (exact) mass is 412 g/mol. The van der Waals surface area contributed by atoms with Gasteiger partial charge in [0, 0.05) is 30.9 Å². The van der Waals surface area contributed by atoms with E-state index in [1.165, 1.54) is 6.20 Å². The minimum Gasteiger partial charge on any atom is -0.378 e. The molecule has 3 aromatic rings. The number of piperidine rings is 1. The highest BCUT2D eigenvalue weighted by Crippen LogP contribution is 2.32. The van der Waals surface area contributed by atoms with Crippen LogP contribution in [-0.4, -0.2) is 49.4 Å². The molecule has 0 aliphatic carbocycles. The summed E-state index contributed by atoms with van der Waals surface area (Å²) in [5.74, 6) is -0.521. The molecule has 1 atom stereocenters. The summed E-state index contributed by atoms with van der Waals surface area (Å²) >= 11 is 0. The molecule has 0 aromatic carbocycles. The SMILES string of the molecule is CC.CCn1cc(-c2cn3ncc(C(N)=O)c(NC4CCNCC4(C)C)c3n2)cn1. The summed E-state index contributed by atoms with van der Waals surface area (Å²) in [5, 5.41) is 15.6. The van der Waals surface area contributed by atoms with E-state index in [1.54, 1.807) is 10.7 Å². The number of hydrogen-bond donors (Lipinski definition) is 3. The number of primary amides is 1. The number of carbonyl (C=O) groups excluding carboxylic acids is 1. The van der Waals surface area contributed by atoms with Crippen LogP contribution >= 0.6 is 0 Å². The van der Waals surface area contributed by atoms with Crippen molar-refractivity contribution in [1.29, 1.82) is 0 Å². The van der Waals surface area contributed by atoms with Crippen molar-refractivity contribution in [3.63, 3.8) is 0 Å². The predicted octanol–water partition coefficient (Wildman–Crippen LogP) is 2.54. The average molecular weight is 413 g/mol. The molecule has 1 saturated heterocycles. The van der Waals surface area contributed by atoms with E-state index < -0.39 is 5.91 Å². The van der Waals surface area contributed by atoms with Crippen LogP contribution < -0.4 is 16.4 Å². The number of nitrogens with one attached hydrogen (secondary N) is 2. The summed E-state index contributed by atoms with van der Waals surface area (Å²) in [4.78, 5) is 16.8. The Labute approximate surface area is 177 Å². The van der Waals surface area contributed by atoms with Gasteiger partial charge in [0.2, 0.25) is 0 Å². The van der Waals surface area contributed by atoms with Gasteiger partial charge in [0.1, 0.15) is 0 Å². The van der Waals surface area contributed by atoms with Gasteiger partial charge in [0.15, 0.2) is 5.65 Å². The Balaban J connectivity index is 0.00000124. The molecule has 1 fully saturated rings. The molecule has 1 amide bonds. The number of carbonyl (C=O) groups is 1. The molecule has 1 aliphatic rings. The lowest BCUT2D eigenvalue weighted by molar-refractivity contribution is 0.100. The Hall–Kier alpha value is -2.94. The Morgan fingerprint density at radius 3 is 2.70 bits per heavy atom. The fourth-order valence-electron chi connectivity index (χ4n) is 3.68. The maximum Gasteiger partial charge on any atom is 0.252 e. The molecular weight excluding hydrogens is 380 g/mol. The lowest BCUT2D eigenvalue weighted by Crippen LogP contribution is -2.50. The first-order chi connectivity index (χ1) is 14.4. The highest BCUT2D eigenvalue weighted by Gasteiger charge is 2.33. The van der Waals surface area contributed by atoms with Gasteiger partial charge in [-0.05, 0) is 25.3 Å². The largest absolute Gasteiger partial charge is 0.378 e. The highest BCUT2D eigenvalue weighted by molar-refractivity contribution is 6.01. The van der Waals surface area contributed by atoms with Crippen LogP contribution in [0.5, 0.6) is 0 Å². The number of amides is 1. The number of rotatable bonds is 5. The van der Waals surface area contributed by atoms with Gasteiger partial charge >= 0.3 is 0 Å². The number of nitrogens with two attached hydrogens (primary N) is 1. The molecule has 4 N–H and O–H groups in total. The summed E-state index contributed by atoms with van der Waals surface area (Å²) < 4.78 is 3.53. The van der Waals surface area contributed by atoms with Gasteiger partial charge in [0.25, 0.3) is 5.91 Å². The fourth-order valence-corrected chi connectivity index (χ4v) is 3.68. The van der Waals surface area contributed by atoms with Crippen LogP contribution in [0.15, 0.2) is 24.8 Å². The van der Waals surface area contributed by atoms with E-state index in [2.05, 4.69) is 34.7 Å². The topological polar surface area (TPSA) is 115 Å². The summed E-state index contributed by atoms with van der Waals surface area (Å²) in [6.45, 7) is 13.0. The third-order valence-electron chi connectivity index (χ3n) is 5.46. The third kappa shape index (κ3) is 4.16. The van der Waals surface area contributed by atoms with E-state index in [1.807, 2.05) is 37.8 Å². The van der Waals surface area contributed by atoms with Crippen LogP contribution in [0.4, 0.5) is 5.69 Å². The Morgan fingerprint density at radius 1 is 1.30 bits per heavy atom. The van der Waals surface area contributed by atoms with Gasteiger partial charge in [-0.1, -0.05) is 27.7 Å². The van der Waals surface area contributed by atoms with Crippen LogP contribution in [0.1, 0.15) is 51.4 Å². The lowest BCUT2D eigenvalue weighted by atomic mass is 9.80. The second-order valence-corrected chi connectivity index (χ2v) is 7.93. The second kappa shape index (κ2) is 8.83. The van der Waals surface area contributed by atoms with Gasteiger partial charge in [-0.15, -0.1) is 0 Å². The van der Waals surface area contributed by atoms with Crippen molar-refractivity contribution in [2.45, 2.75) is 53.6 Å². The normalized spacial score (nSPS) is 18.0. The lowest BCUT2D eigenvalue weighted by Gasteiger charge is -2.40. The Kier molecular flexibility index (Phi) is 6.40. The van der Waals surface area contributed by atoms with Crippen molar-refractivity contribution in [3.05, 3.63) is 30.4 Å². The molecule has 0 bridgehead atoms. The van der Waals surface area contributed by atoms with Gasteiger partial charge in [-0.25, -0.2) is 9.50 Å². The van der Waals surface area contributed by atoms with Crippen molar-refractivity contribution in [1.82, 2.24) is 29.7 Å². The first-order valence-corrected chi connectivity index (χ1v) is 10.6. The number of hydrogen-bond acceptors (Lipinski definition) is 6. The van der Waals surface area contributed by atoms with Crippen molar-refractivity contribution < 1.29 is 4.79 Å². The number of aryl methyl sites for hydroxylation is 1. The summed E-state index contributed by atoms with van der Waals surface area (Å²) in [6, 6.07) is 0.182. The van der Waals surface area contributed by atoms with Crippen LogP contribution in [0.3, 0.4) is 0 Å². The van der Waals surface area contributed by atoms with Crippen LogP contribution in [0.25, 0.3) is 16.9 Å². The Morgan fingerprint density at radius 2 is 2.07 bits per heavy atom. The van der Waals surface area contributed by atoms with Crippen LogP contribution in [-0.2, 0) is 6.54 Å². The smallest absolute Gasteiger partial charge is 0.252 e. The maximum absolute atomic E-state index is 12.1. The first-order valence-electron chi connectivity index (χ1n) is 10.6. The molecule has 0 saturated carbocycles.